The Morgan fingerprint density at radius 2 is 2.06 bits per heavy atom. The summed E-state index contributed by atoms with van der Waals surface area (Å²) in [5.74, 6) is 0. The summed E-state index contributed by atoms with van der Waals surface area (Å²) < 4.78 is 6.54. The summed E-state index contributed by atoms with van der Waals surface area (Å²) in [7, 11) is 1.78. The van der Waals surface area contributed by atoms with Gasteiger partial charge in [-0.2, -0.15) is 0 Å². The molecule has 1 atom stereocenters. The highest BCUT2D eigenvalue weighted by Gasteiger charge is 2.39. The SMILES string of the molecule is COC1(C(N)c2ccc(Cl)s2)CCCCC1. The van der Waals surface area contributed by atoms with Gasteiger partial charge in [0.1, 0.15) is 0 Å². The molecule has 90 valence electrons. The van der Waals surface area contributed by atoms with E-state index >= 15 is 0 Å². The molecule has 1 saturated carbocycles. The normalized spacial score (nSPS) is 21.9. The minimum absolute atomic E-state index is 0.0460. The van der Waals surface area contributed by atoms with E-state index in [9.17, 15) is 0 Å². The highest BCUT2D eigenvalue weighted by molar-refractivity contribution is 7.16. The van der Waals surface area contributed by atoms with Gasteiger partial charge in [-0.3, -0.25) is 0 Å². The Bertz CT molecular complexity index is 347. The molecule has 2 N–H and O–H groups in total. The molecule has 0 radical (unpaired) electrons. The summed E-state index contributed by atoms with van der Waals surface area (Å²) in [5, 5.41) is 0. The van der Waals surface area contributed by atoms with Gasteiger partial charge < -0.3 is 10.5 Å². The Labute approximate surface area is 106 Å². The van der Waals surface area contributed by atoms with Crippen LogP contribution in [0.3, 0.4) is 0 Å². The zero-order chi connectivity index (χ0) is 11.6. The van der Waals surface area contributed by atoms with Gasteiger partial charge in [-0.05, 0) is 25.0 Å². The van der Waals surface area contributed by atoms with Gasteiger partial charge >= 0.3 is 0 Å². The van der Waals surface area contributed by atoms with E-state index in [1.54, 1.807) is 18.4 Å². The van der Waals surface area contributed by atoms with Crippen molar-refractivity contribution in [2.45, 2.75) is 43.7 Å². The van der Waals surface area contributed by atoms with Crippen LogP contribution in [0.4, 0.5) is 0 Å². The number of nitrogens with two attached hydrogens (primary N) is 1. The molecule has 16 heavy (non-hydrogen) atoms. The third-order valence-electron chi connectivity index (χ3n) is 3.57. The van der Waals surface area contributed by atoms with Crippen molar-refractivity contribution in [2.24, 2.45) is 5.73 Å². The van der Waals surface area contributed by atoms with Crippen LogP contribution in [0, 0.1) is 0 Å². The van der Waals surface area contributed by atoms with E-state index in [1.807, 2.05) is 12.1 Å². The molecule has 2 rings (SSSR count). The number of hydrogen-bond donors (Lipinski definition) is 1. The van der Waals surface area contributed by atoms with Gasteiger partial charge in [0.05, 0.1) is 16.0 Å². The number of hydrogen-bond acceptors (Lipinski definition) is 3. The minimum atomic E-state index is -0.174. The van der Waals surface area contributed by atoms with Crippen LogP contribution in [0.25, 0.3) is 0 Å². The molecule has 1 fully saturated rings. The molecule has 1 aliphatic rings. The Balaban J connectivity index is 2.20. The van der Waals surface area contributed by atoms with Crippen molar-refractivity contribution in [3.63, 3.8) is 0 Å². The molecule has 2 nitrogen and oxygen atoms in total. The van der Waals surface area contributed by atoms with Crippen LogP contribution in [-0.4, -0.2) is 12.7 Å². The van der Waals surface area contributed by atoms with Crippen molar-refractivity contribution in [1.82, 2.24) is 0 Å². The van der Waals surface area contributed by atoms with E-state index in [-0.39, 0.29) is 11.6 Å². The Morgan fingerprint density at radius 1 is 1.38 bits per heavy atom. The summed E-state index contributed by atoms with van der Waals surface area (Å²) in [6.45, 7) is 0. The molecule has 0 aliphatic heterocycles. The zero-order valence-electron chi connectivity index (χ0n) is 9.54. The van der Waals surface area contributed by atoms with Crippen molar-refractivity contribution >= 4 is 22.9 Å². The predicted octanol–water partition coefficient (Wildman–Crippen LogP) is 3.75. The second-order valence-corrected chi connectivity index (χ2v) is 6.20. The van der Waals surface area contributed by atoms with Crippen LogP contribution in [0.2, 0.25) is 4.34 Å². The van der Waals surface area contributed by atoms with Gasteiger partial charge in [0.15, 0.2) is 0 Å². The molecule has 4 heteroatoms. The van der Waals surface area contributed by atoms with E-state index in [0.29, 0.717) is 0 Å². The number of methoxy groups -OCH3 is 1. The second-order valence-electron chi connectivity index (χ2n) is 4.45. The first-order valence-corrected chi connectivity index (χ1v) is 6.93. The highest BCUT2D eigenvalue weighted by atomic mass is 35.5. The van der Waals surface area contributed by atoms with Gasteiger partial charge in [-0.1, -0.05) is 30.9 Å². The fourth-order valence-electron chi connectivity index (χ4n) is 2.55. The molecular weight excluding hydrogens is 242 g/mol. The van der Waals surface area contributed by atoms with E-state index < -0.39 is 0 Å². The predicted molar refractivity (Wildman–Crippen MR) is 69.1 cm³/mol. The molecule has 1 aromatic rings. The molecule has 1 aromatic heterocycles. The lowest BCUT2D eigenvalue weighted by atomic mass is 9.79. The lowest BCUT2D eigenvalue weighted by Gasteiger charge is -2.40. The first-order valence-electron chi connectivity index (χ1n) is 5.74. The third-order valence-corrected chi connectivity index (χ3v) is 4.89. The number of rotatable bonds is 3. The second kappa shape index (κ2) is 5.05. The monoisotopic (exact) mass is 259 g/mol. The van der Waals surface area contributed by atoms with E-state index in [0.717, 1.165) is 22.1 Å². The number of halogens is 1. The molecule has 0 amide bonds. The first-order chi connectivity index (χ1) is 7.68. The van der Waals surface area contributed by atoms with Gasteiger partial charge in [-0.25, -0.2) is 0 Å². The maximum Gasteiger partial charge on any atom is 0.0931 e. The number of thiophene rings is 1. The van der Waals surface area contributed by atoms with Crippen LogP contribution in [-0.2, 0) is 4.74 Å². The Hall–Kier alpha value is -0.0900. The quantitative estimate of drug-likeness (QED) is 0.897. The van der Waals surface area contributed by atoms with Gasteiger partial charge in [0, 0.05) is 12.0 Å². The molecule has 0 bridgehead atoms. The average molecular weight is 260 g/mol. The molecule has 0 saturated heterocycles. The van der Waals surface area contributed by atoms with Crippen molar-refractivity contribution in [3.05, 3.63) is 21.3 Å². The lowest BCUT2D eigenvalue weighted by molar-refractivity contribution is -0.0587. The first kappa shape index (κ1) is 12.4. The highest BCUT2D eigenvalue weighted by Crippen LogP contribution is 2.42. The van der Waals surface area contributed by atoms with E-state index in [2.05, 4.69) is 0 Å². The summed E-state index contributed by atoms with van der Waals surface area (Å²) >= 11 is 7.52. The lowest BCUT2D eigenvalue weighted by Crippen LogP contribution is -2.44. The molecule has 0 spiro atoms. The van der Waals surface area contributed by atoms with Crippen molar-refractivity contribution in [3.8, 4) is 0 Å². The van der Waals surface area contributed by atoms with Gasteiger partial charge in [0.25, 0.3) is 0 Å². The topological polar surface area (TPSA) is 35.2 Å². The molecule has 1 unspecified atom stereocenters. The van der Waals surface area contributed by atoms with Gasteiger partial charge in [-0.15, -0.1) is 11.3 Å². The molecular formula is C12H18ClNOS. The molecule has 1 aliphatic carbocycles. The van der Waals surface area contributed by atoms with Crippen LogP contribution < -0.4 is 5.73 Å². The molecule has 0 aromatic carbocycles. The summed E-state index contributed by atoms with van der Waals surface area (Å²) in [4.78, 5) is 1.13. The average Bonchev–Trinajstić information content (AvgIpc) is 2.76. The van der Waals surface area contributed by atoms with Crippen LogP contribution >= 0.6 is 22.9 Å². The summed E-state index contributed by atoms with van der Waals surface area (Å²) in [6, 6.07) is 3.89. The van der Waals surface area contributed by atoms with Crippen LogP contribution in [0.5, 0.6) is 0 Å². The van der Waals surface area contributed by atoms with Crippen LogP contribution in [0.15, 0.2) is 12.1 Å². The smallest absolute Gasteiger partial charge is 0.0931 e. The maximum atomic E-state index is 6.36. The summed E-state index contributed by atoms with van der Waals surface area (Å²) in [5.41, 5.74) is 6.18. The fourth-order valence-corrected chi connectivity index (χ4v) is 3.72. The molecule has 1 heterocycles. The van der Waals surface area contributed by atoms with E-state index in [4.69, 9.17) is 22.1 Å². The van der Waals surface area contributed by atoms with Crippen molar-refractivity contribution in [1.29, 1.82) is 0 Å². The van der Waals surface area contributed by atoms with Crippen molar-refractivity contribution < 1.29 is 4.74 Å². The standard InChI is InChI=1S/C12H18ClNOS/c1-15-12(7-3-2-4-8-12)11(14)9-5-6-10(13)16-9/h5-6,11H,2-4,7-8,14H2,1H3. The number of ether oxygens (including phenoxy) is 1. The Kier molecular flexibility index (Phi) is 3.90. The maximum absolute atomic E-state index is 6.36. The van der Waals surface area contributed by atoms with Gasteiger partial charge in [0.2, 0.25) is 0 Å². The van der Waals surface area contributed by atoms with Crippen LogP contribution in [0.1, 0.15) is 43.0 Å². The zero-order valence-corrected chi connectivity index (χ0v) is 11.1. The Morgan fingerprint density at radius 3 is 2.56 bits per heavy atom. The largest absolute Gasteiger partial charge is 0.376 e. The summed E-state index contributed by atoms with van der Waals surface area (Å²) in [6.07, 6.45) is 5.82. The van der Waals surface area contributed by atoms with E-state index in [1.165, 1.54) is 19.3 Å². The van der Waals surface area contributed by atoms with Crippen molar-refractivity contribution in [2.75, 3.05) is 7.11 Å². The minimum Gasteiger partial charge on any atom is -0.376 e. The fraction of sp³-hybridized carbons (Fsp3) is 0.667. The third kappa shape index (κ3) is 2.28.